The maximum Gasteiger partial charge on any atom is 0.220 e. The van der Waals surface area contributed by atoms with Crippen molar-refractivity contribution in [3.63, 3.8) is 0 Å². The van der Waals surface area contributed by atoms with Crippen molar-refractivity contribution >= 4 is 27.5 Å². The van der Waals surface area contributed by atoms with Crippen LogP contribution in [0.4, 0.5) is 4.39 Å². The first-order chi connectivity index (χ1) is 11.7. The summed E-state index contributed by atoms with van der Waals surface area (Å²) >= 11 is 1.72. The van der Waals surface area contributed by atoms with Crippen LogP contribution >= 0.6 is 11.3 Å². The molecule has 0 radical (unpaired) electrons. The fraction of sp³-hybridized carbons (Fsp3) is 0.263. The molecule has 0 saturated heterocycles. The molecule has 2 aromatic carbocycles. The van der Waals surface area contributed by atoms with Gasteiger partial charge in [0.05, 0.1) is 15.2 Å². The fourth-order valence-corrected chi connectivity index (χ4v) is 3.49. The highest BCUT2D eigenvalue weighted by atomic mass is 32.1. The number of halogens is 1. The van der Waals surface area contributed by atoms with Crippen molar-refractivity contribution < 1.29 is 9.18 Å². The molecule has 0 saturated carbocycles. The van der Waals surface area contributed by atoms with Crippen LogP contribution in [0.1, 0.15) is 29.8 Å². The van der Waals surface area contributed by atoms with Gasteiger partial charge in [-0.05, 0) is 49.1 Å². The van der Waals surface area contributed by atoms with E-state index in [0.29, 0.717) is 13.0 Å². The lowest BCUT2D eigenvalue weighted by Gasteiger charge is -2.05. The number of thiazole rings is 1. The van der Waals surface area contributed by atoms with Crippen molar-refractivity contribution in [3.05, 3.63) is 64.9 Å². The summed E-state index contributed by atoms with van der Waals surface area (Å²) in [7, 11) is 0. The number of carbonyl (C=O) groups excluding carboxylic acids is 1. The van der Waals surface area contributed by atoms with Gasteiger partial charge < -0.3 is 5.32 Å². The van der Waals surface area contributed by atoms with Gasteiger partial charge in [0.2, 0.25) is 5.91 Å². The molecule has 0 unspecified atom stereocenters. The highest BCUT2D eigenvalue weighted by molar-refractivity contribution is 7.18. The molecular weight excluding hydrogens is 323 g/mol. The highest BCUT2D eigenvalue weighted by Crippen LogP contribution is 2.22. The summed E-state index contributed by atoms with van der Waals surface area (Å²) in [4.78, 5) is 16.4. The predicted octanol–water partition coefficient (Wildman–Crippen LogP) is 4.46. The number of amides is 1. The number of fused-ring (bicyclic) bond motifs is 1. The zero-order chi connectivity index (χ0) is 16.8. The molecule has 0 bridgehead atoms. The molecule has 124 valence electrons. The molecule has 1 N–H and O–H groups in total. The van der Waals surface area contributed by atoms with E-state index in [9.17, 15) is 9.18 Å². The lowest BCUT2D eigenvalue weighted by Crippen LogP contribution is -2.22. The number of unbranched alkanes of at least 4 members (excludes halogenated alkanes) is 1. The summed E-state index contributed by atoms with van der Waals surface area (Å²) in [5.74, 6) is -0.233. The topological polar surface area (TPSA) is 42.0 Å². The van der Waals surface area contributed by atoms with Crippen LogP contribution in [0.25, 0.3) is 10.2 Å². The third-order valence-electron chi connectivity index (χ3n) is 3.79. The Morgan fingerprint density at radius 1 is 1.08 bits per heavy atom. The first-order valence-corrected chi connectivity index (χ1v) is 8.88. The van der Waals surface area contributed by atoms with Gasteiger partial charge in [-0.3, -0.25) is 4.79 Å². The Labute approximate surface area is 144 Å². The van der Waals surface area contributed by atoms with Gasteiger partial charge in [0, 0.05) is 13.0 Å². The van der Waals surface area contributed by atoms with Crippen molar-refractivity contribution in [2.24, 2.45) is 0 Å². The fourth-order valence-electron chi connectivity index (χ4n) is 2.48. The van der Waals surface area contributed by atoms with E-state index in [0.717, 1.165) is 35.4 Å². The number of para-hydroxylation sites is 1. The lowest BCUT2D eigenvalue weighted by molar-refractivity contribution is -0.121. The molecule has 0 aliphatic heterocycles. The molecule has 1 amide bonds. The Morgan fingerprint density at radius 2 is 1.88 bits per heavy atom. The highest BCUT2D eigenvalue weighted by Gasteiger charge is 2.05. The first kappa shape index (κ1) is 16.6. The molecule has 1 aromatic heterocycles. The van der Waals surface area contributed by atoms with E-state index in [1.54, 1.807) is 23.5 Å². The molecule has 24 heavy (non-hydrogen) atoms. The molecule has 3 nitrogen and oxygen atoms in total. The third kappa shape index (κ3) is 4.61. The summed E-state index contributed by atoms with van der Waals surface area (Å²) in [6.07, 6.45) is 3.20. The number of nitrogens with zero attached hydrogens (tertiary/aromatic N) is 1. The number of rotatable bonds is 7. The molecule has 0 aliphatic carbocycles. The van der Waals surface area contributed by atoms with Crippen LogP contribution in [0.3, 0.4) is 0 Å². The van der Waals surface area contributed by atoms with Crippen LogP contribution in [0.5, 0.6) is 0 Å². The maximum atomic E-state index is 12.8. The number of benzene rings is 2. The van der Waals surface area contributed by atoms with Gasteiger partial charge in [0.25, 0.3) is 0 Å². The monoisotopic (exact) mass is 342 g/mol. The van der Waals surface area contributed by atoms with Crippen LogP contribution in [0.2, 0.25) is 0 Å². The average Bonchev–Trinajstić information content (AvgIpc) is 3.01. The Morgan fingerprint density at radius 3 is 2.67 bits per heavy atom. The maximum absolute atomic E-state index is 12.8. The van der Waals surface area contributed by atoms with Crippen LogP contribution in [0, 0.1) is 5.82 Å². The van der Waals surface area contributed by atoms with Gasteiger partial charge >= 0.3 is 0 Å². The van der Waals surface area contributed by atoms with Gasteiger partial charge in [0.15, 0.2) is 0 Å². The molecule has 3 rings (SSSR count). The predicted molar refractivity (Wildman–Crippen MR) is 95.4 cm³/mol. The lowest BCUT2D eigenvalue weighted by atomic mass is 10.2. The molecule has 0 aliphatic rings. The van der Waals surface area contributed by atoms with E-state index in [-0.39, 0.29) is 11.7 Å². The van der Waals surface area contributed by atoms with E-state index in [4.69, 9.17) is 0 Å². The summed E-state index contributed by atoms with van der Waals surface area (Å²) in [6.45, 7) is 0.441. The Hall–Kier alpha value is -2.27. The van der Waals surface area contributed by atoms with Crippen LogP contribution < -0.4 is 5.32 Å². The Balaban J connectivity index is 1.36. The summed E-state index contributed by atoms with van der Waals surface area (Å²) < 4.78 is 14.0. The molecule has 3 aromatic rings. The minimum atomic E-state index is -0.264. The normalized spacial score (nSPS) is 10.9. The van der Waals surface area contributed by atoms with E-state index >= 15 is 0 Å². The van der Waals surface area contributed by atoms with Crippen molar-refractivity contribution in [2.75, 3.05) is 0 Å². The van der Waals surface area contributed by atoms with Gasteiger partial charge in [-0.25, -0.2) is 9.37 Å². The summed E-state index contributed by atoms with van der Waals surface area (Å²) in [6, 6.07) is 14.3. The zero-order valence-electron chi connectivity index (χ0n) is 13.3. The van der Waals surface area contributed by atoms with Crippen molar-refractivity contribution in [3.8, 4) is 0 Å². The summed E-state index contributed by atoms with van der Waals surface area (Å²) in [5, 5.41) is 3.99. The minimum absolute atomic E-state index is 0.0311. The molecular formula is C19H19FN2OS. The number of aryl methyl sites for hydroxylation is 1. The third-order valence-corrected chi connectivity index (χ3v) is 4.88. The quantitative estimate of drug-likeness (QED) is 0.644. The van der Waals surface area contributed by atoms with E-state index < -0.39 is 0 Å². The van der Waals surface area contributed by atoms with Crippen molar-refractivity contribution in [1.29, 1.82) is 0 Å². The van der Waals surface area contributed by atoms with Crippen molar-refractivity contribution in [1.82, 2.24) is 10.3 Å². The smallest absolute Gasteiger partial charge is 0.220 e. The number of hydrogen-bond donors (Lipinski definition) is 1. The van der Waals surface area contributed by atoms with Gasteiger partial charge in [0.1, 0.15) is 5.82 Å². The second kappa shape index (κ2) is 8.02. The van der Waals surface area contributed by atoms with Gasteiger partial charge in [-0.1, -0.05) is 24.3 Å². The largest absolute Gasteiger partial charge is 0.352 e. The van der Waals surface area contributed by atoms with Gasteiger partial charge in [-0.15, -0.1) is 11.3 Å². The number of carbonyl (C=O) groups is 1. The minimum Gasteiger partial charge on any atom is -0.352 e. The second-order valence-electron chi connectivity index (χ2n) is 5.69. The van der Waals surface area contributed by atoms with Crippen molar-refractivity contribution in [2.45, 2.75) is 32.2 Å². The Kier molecular flexibility index (Phi) is 5.54. The average molecular weight is 342 g/mol. The first-order valence-electron chi connectivity index (χ1n) is 8.06. The molecule has 0 spiro atoms. The molecule has 1 heterocycles. The van der Waals surface area contributed by atoms with Crippen LogP contribution in [-0.2, 0) is 17.8 Å². The van der Waals surface area contributed by atoms with Crippen LogP contribution in [0.15, 0.2) is 48.5 Å². The number of nitrogens with one attached hydrogen (secondary N) is 1. The van der Waals surface area contributed by atoms with E-state index in [1.165, 1.54) is 16.8 Å². The Bertz CT molecular complexity index is 781. The number of hydrogen-bond acceptors (Lipinski definition) is 3. The summed E-state index contributed by atoms with van der Waals surface area (Å²) in [5.41, 5.74) is 1.95. The number of aromatic nitrogens is 1. The molecule has 0 atom stereocenters. The van der Waals surface area contributed by atoms with Gasteiger partial charge in [-0.2, -0.15) is 0 Å². The SMILES string of the molecule is O=C(CCCCc1nc2ccccc2s1)NCc1ccc(F)cc1. The second-order valence-corrected chi connectivity index (χ2v) is 6.80. The molecule has 5 heteroatoms. The van der Waals surface area contributed by atoms with E-state index in [1.807, 2.05) is 18.2 Å². The zero-order valence-corrected chi connectivity index (χ0v) is 14.1. The van der Waals surface area contributed by atoms with Crippen LogP contribution in [-0.4, -0.2) is 10.9 Å². The van der Waals surface area contributed by atoms with E-state index in [2.05, 4.69) is 16.4 Å². The molecule has 0 fully saturated rings. The standard InChI is InChI=1S/C19H19FN2OS/c20-15-11-9-14(10-12-15)13-21-18(23)7-3-4-8-19-22-16-5-1-2-6-17(16)24-19/h1-2,5-6,9-12H,3-4,7-8,13H2,(H,21,23).